The first-order valence-electron chi connectivity index (χ1n) is 5.88. The molecule has 0 bridgehead atoms. The lowest BCUT2D eigenvalue weighted by Crippen LogP contribution is -2.08. The average molecular weight is 272 g/mol. The predicted octanol–water partition coefficient (Wildman–Crippen LogP) is 4.96. The number of nitrogens with one attached hydrogen (secondary N) is 1. The van der Waals surface area contributed by atoms with Crippen molar-refractivity contribution in [3.05, 3.63) is 77.1 Å². The summed E-state index contributed by atoms with van der Waals surface area (Å²) in [5, 5.41) is 3.20. The van der Waals surface area contributed by atoms with Gasteiger partial charge in [0.1, 0.15) is 0 Å². The SMILES string of the molecule is C=C1C=C(c2ccccc2)Nc2c1ccc(Cl)c2F. The van der Waals surface area contributed by atoms with Gasteiger partial charge in [-0.2, -0.15) is 0 Å². The van der Waals surface area contributed by atoms with E-state index in [-0.39, 0.29) is 5.02 Å². The molecular formula is C16H11ClFN. The van der Waals surface area contributed by atoms with E-state index in [9.17, 15) is 4.39 Å². The van der Waals surface area contributed by atoms with E-state index >= 15 is 0 Å². The normalized spacial score (nSPS) is 13.6. The summed E-state index contributed by atoms with van der Waals surface area (Å²) in [6.07, 6.45) is 1.91. The summed E-state index contributed by atoms with van der Waals surface area (Å²) in [6, 6.07) is 13.0. The van der Waals surface area contributed by atoms with Crippen molar-refractivity contribution in [2.24, 2.45) is 0 Å². The largest absolute Gasteiger partial charge is 0.352 e. The van der Waals surface area contributed by atoms with Crippen molar-refractivity contribution in [3.63, 3.8) is 0 Å². The smallest absolute Gasteiger partial charge is 0.165 e. The van der Waals surface area contributed by atoms with E-state index < -0.39 is 5.82 Å². The molecule has 0 amide bonds. The number of fused-ring (bicyclic) bond motifs is 1. The average Bonchev–Trinajstić information content (AvgIpc) is 2.44. The summed E-state index contributed by atoms with van der Waals surface area (Å²) < 4.78 is 14.1. The van der Waals surface area contributed by atoms with Gasteiger partial charge in [-0.25, -0.2) is 4.39 Å². The molecule has 0 radical (unpaired) electrons. The lowest BCUT2D eigenvalue weighted by Gasteiger charge is -2.22. The van der Waals surface area contributed by atoms with Gasteiger partial charge in [-0.15, -0.1) is 0 Å². The van der Waals surface area contributed by atoms with Crippen LogP contribution in [0.4, 0.5) is 10.1 Å². The Morgan fingerprint density at radius 2 is 1.79 bits per heavy atom. The topological polar surface area (TPSA) is 12.0 Å². The molecule has 94 valence electrons. The second kappa shape index (κ2) is 4.56. The Bertz CT molecular complexity index is 689. The number of hydrogen-bond donors (Lipinski definition) is 1. The quantitative estimate of drug-likeness (QED) is 0.773. The fourth-order valence-corrected chi connectivity index (χ4v) is 2.29. The molecule has 0 saturated heterocycles. The lowest BCUT2D eigenvalue weighted by atomic mass is 9.97. The van der Waals surface area contributed by atoms with Gasteiger partial charge in [0.2, 0.25) is 0 Å². The van der Waals surface area contributed by atoms with Crippen molar-refractivity contribution in [1.82, 2.24) is 0 Å². The van der Waals surface area contributed by atoms with Crippen molar-refractivity contribution in [2.45, 2.75) is 0 Å². The molecule has 1 N–H and O–H groups in total. The van der Waals surface area contributed by atoms with Crippen molar-refractivity contribution >= 4 is 28.6 Å². The molecule has 0 saturated carbocycles. The third kappa shape index (κ3) is 2.04. The summed E-state index contributed by atoms with van der Waals surface area (Å²) in [6.45, 7) is 3.98. The third-order valence-corrected chi connectivity index (χ3v) is 3.40. The van der Waals surface area contributed by atoms with Crippen LogP contribution in [-0.2, 0) is 0 Å². The second-order valence-electron chi connectivity index (χ2n) is 4.36. The molecule has 0 aliphatic carbocycles. The minimum atomic E-state index is -0.443. The zero-order valence-electron chi connectivity index (χ0n) is 10.1. The van der Waals surface area contributed by atoms with Crippen LogP contribution in [-0.4, -0.2) is 0 Å². The maximum absolute atomic E-state index is 14.1. The maximum Gasteiger partial charge on any atom is 0.165 e. The van der Waals surface area contributed by atoms with E-state index in [1.165, 1.54) is 0 Å². The van der Waals surface area contributed by atoms with Gasteiger partial charge in [0.05, 0.1) is 10.7 Å². The second-order valence-corrected chi connectivity index (χ2v) is 4.77. The van der Waals surface area contributed by atoms with Crippen LogP contribution in [0.2, 0.25) is 5.02 Å². The van der Waals surface area contributed by atoms with E-state index in [2.05, 4.69) is 11.9 Å². The van der Waals surface area contributed by atoms with Crippen LogP contribution in [0.25, 0.3) is 11.3 Å². The van der Waals surface area contributed by atoms with Crippen molar-refractivity contribution < 1.29 is 4.39 Å². The number of benzene rings is 2. The van der Waals surface area contributed by atoms with E-state index in [4.69, 9.17) is 11.6 Å². The predicted molar refractivity (Wildman–Crippen MR) is 78.5 cm³/mol. The van der Waals surface area contributed by atoms with Crippen LogP contribution in [0.15, 0.2) is 55.1 Å². The molecular weight excluding hydrogens is 261 g/mol. The van der Waals surface area contributed by atoms with E-state index in [0.29, 0.717) is 5.69 Å². The van der Waals surface area contributed by atoms with Crippen molar-refractivity contribution in [1.29, 1.82) is 0 Å². The minimum Gasteiger partial charge on any atom is -0.352 e. The molecule has 0 aromatic heterocycles. The standard InChI is InChI=1S/C16H11ClFN/c1-10-9-14(11-5-3-2-4-6-11)19-16-12(10)7-8-13(17)15(16)18/h2-9,19H,1H2. The molecule has 1 aliphatic rings. The van der Waals surface area contributed by atoms with Crippen LogP contribution in [0.5, 0.6) is 0 Å². The molecule has 2 aromatic carbocycles. The first-order valence-corrected chi connectivity index (χ1v) is 6.26. The molecule has 19 heavy (non-hydrogen) atoms. The van der Waals surface area contributed by atoms with E-state index in [0.717, 1.165) is 22.4 Å². The first-order chi connectivity index (χ1) is 9.16. The van der Waals surface area contributed by atoms with Gasteiger partial charge < -0.3 is 5.32 Å². The monoisotopic (exact) mass is 271 g/mol. The zero-order valence-corrected chi connectivity index (χ0v) is 10.8. The van der Waals surface area contributed by atoms with Gasteiger partial charge in [0.25, 0.3) is 0 Å². The number of allylic oxidation sites excluding steroid dienone is 2. The van der Waals surface area contributed by atoms with Gasteiger partial charge in [-0.05, 0) is 23.3 Å². The Balaban J connectivity index is 2.11. The highest BCUT2D eigenvalue weighted by atomic mass is 35.5. The number of anilines is 1. The molecule has 0 fully saturated rings. The molecule has 1 heterocycles. The van der Waals surface area contributed by atoms with Crippen LogP contribution in [0, 0.1) is 5.82 Å². The Hall–Kier alpha value is -2.06. The van der Waals surface area contributed by atoms with Crippen LogP contribution in [0.1, 0.15) is 11.1 Å². The number of halogens is 2. The highest BCUT2D eigenvalue weighted by molar-refractivity contribution is 6.31. The van der Waals surface area contributed by atoms with Gasteiger partial charge >= 0.3 is 0 Å². The fraction of sp³-hybridized carbons (Fsp3) is 0. The molecule has 1 aliphatic heterocycles. The summed E-state index contributed by atoms with van der Waals surface area (Å²) in [7, 11) is 0. The minimum absolute atomic E-state index is 0.105. The highest BCUT2D eigenvalue weighted by Gasteiger charge is 2.19. The summed E-state index contributed by atoms with van der Waals surface area (Å²) in [5.41, 5.74) is 3.69. The molecule has 3 rings (SSSR count). The van der Waals surface area contributed by atoms with Crippen LogP contribution in [0.3, 0.4) is 0 Å². The Labute approximate surface area is 116 Å². The van der Waals surface area contributed by atoms with Crippen LogP contribution >= 0.6 is 11.6 Å². The Morgan fingerprint density at radius 1 is 1.05 bits per heavy atom. The van der Waals surface area contributed by atoms with Crippen molar-refractivity contribution in [2.75, 3.05) is 5.32 Å². The van der Waals surface area contributed by atoms with Gasteiger partial charge in [0.15, 0.2) is 5.82 Å². The Morgan fingerprint density at radius 3 is 2.53 bits per heavy atom. The third-order valence-electron chi connectivity index (χ3n) is 3.10. The molecule has 3 heteroatoms. The van der Waals surface area contributed by atoms with Gasteiger partial charge in [-0.1, -0.05) is 54.6 Å². The van der Waals surface area contributed by atoms with Crippen molar-refractivity contribution in [3.8, 4) is 0 Å². The zero-order chi connectivity index (χ0) is 13.4. The molecule has 2 aromatic rings. The van der Waals surface area contributed by atoms with Gasteiger partial charge in [-0.3, -0.25) is 0 Å². The molecule has 1 nitrogen and oxygen atoms in total. The number of hydrogen-bond acceptors (Lipinski definition) is 1. The van der Waals surface area contributed by atoms with Gasteiger partial charge in [0, 0.05) is 11.3 Å². The number of rotatable bonds is 1. The first kappa shape index (κ1) is 12.0. The summed E-state index contributed by atoms with van der Waals surface area (Å²) in [4.78, 5) is 0. The molecule has 0 spiro atoms. The Kier molecular flexibility index (Phi) is 2.88. The summed E-state index contributed by atoms with van der Waals surface area (Å²) in [5.74, 6) is -0.443. The molecule has 0 unspecified atom stereocenters. The summed E-state index contributed by atoms with van der Waals surface area (Å²) >= 11 is 5.82. The fourth-order valence-electron chi connectivity index (χ4n) is 2.14. The lowest BCUT2D eigenvalue weighted by molar-refractivity contribution is 0.632. The van der Waals surface area contributed by atoms with E-state index in [1.54, 1.807) is 12.1 Å². The van der Waals surface area contributed by atoms with Crippen LogP contribution < -0.4 is 5.32 Å². The highest BCUT2D eigenvalue weighted by Crippen LogP contribution is 2.37. The van der Waals surface area contributed by atoms with E-state index in [1.807, 2.05) is 36.4 Å². The molecule has 0 atom stereocenters. The maximum atomic E-state index is 14.1.